The number of carbonyl (C=O) groups excluding carboxylic acids is 2. The van der Waals surface area contributed by atoms with Crippen molar-refractivity contribution in [1.29, 1.82) is 0 Å². The van der Waals surface area contributed by atoms with E-state index in [-0.39, 0.29) is 18.2 Å². The topological polar surface area (TPSA) is 88.3 Å². The fraction of sp³-hybridized carbons (Fsp3) is 0.167. The zero-order valence-electron chi connectivity index (χ0n) is 20.4. The largest absolute Gasteiger partial charge is 0.384 e. The van der Waals surface area contributed by atoms with Gasteiger partial charge in [0, 0.05) is 23.5 Å². The molecule has 1 aliphatic heterocycles. The number of hydrogen-bond donors (Lipinski definition) is 2. The van der Waals surface area contributed by atoms with E-state index in [4.69, 9.17) is 5.73 Å². The number of fused-ring (bicyclic) bond motifs is 1. The molecule has 0 saturated carbocycles. The molecule has 5 rings (SSSR count). The van der Waals surface area contributed by atoms with Crippen molar-refractivity contribution in [1.82, 2.24) is 4.98 Å². The molecule has 6 heteroatoms. The number of rotatable bonds is 5. The van der Waals surface area contributed by atoms with Crippen LogP contribution in [0.5, 0.6) is 0 Å². The fourth-order valence-electron chi connectivity index (χ4n) is 4.61. The average molecular weight is 477 g/mol. The van der Waals surface area contributed by atoms with Crippen LogP contribution in [0.15, 0.2) is 78.9 Å². The highest BCUT2D eigenvalue weighted by Gasteiger charge is 2.25. The molecule has 3 aromatic carbocycles. The second-order valence-corrected chi connectivity index (χ2v) is 9.24. The van der Waals surface area contributed by atoms with Crippen LogP contribution in [0.1, 0.15) is 32.7 Å². The lowest BCUT2D eigenvalue weighted by Gasteiger charge is -2.18. The molecule has 36 heavy (non-hydrogen) atoms. The quantitative estimate of drug-likeness (QED) is 0.407. The summed E-state index contributed by atoms with van der Waals surface area (Å²) in [6.45, 7) is 4.67. The van der Waals surface area contributed by atoms with Crippen LogP contribution in [0.2, 0.25) is 0 Å². The Morgan fingerprint density at radius 2 is 1.72 bits per heavy atom. The molecule has 4 aromatic rings. The van der Waals surface area contributed by atoms with Crippen molar-refractivity contribution in [3.63, 3.8) is 0 Å². The van der Waals surface area contributed by atoms with E-state index in [1.54, 1.807) is 23.1 Å². The first-order chi connectivity index (χ1) is 17.4. The van der Waals surface area contributed by atoms with Crippen LogP contribution in [0.25, 0.3) is 11.1 Å². The van der Waals surface area contributed by atoms with Gasteiger partial charge in [-0.3, -0.25) is 9.59 Å². The first kappa shape index (κ1) is 23.3. The van der Waals surface area contributed by atoms with Crippen LogP contribution < -0.4 is 16.0 Å². The van der Waals surface area contributed by atoms with Gasteiger partial charge >= 0.3 is 0 Å². The summed E-state index contributed by atoms with van der Waals surface area (Å²) >= 11 is 0. The standard InChI is InChI=1S/C30H28N4O2/c1-19-6-9-21(10-7-19)26-16-20(2)8-12-25(26)30(36)33-24-11-13-27-22(17-24)14-15-34(27)29(35)18-23-4-3-5-28(31)32-23/h3-13,16-17H,14-15,18H2,1-2H3,(H2,31,32)(H,33,36). The third-order valence-corrected chi connectivity index (χ3v) is 6.48. The number of aromatic nitrogens is 1. The van der Waals surface area contributed by atoms with Gasteiger partial charge in [-0.05, 0) is 73.4 Å². The van der Waals surface area contributed by atoms with Gasteiger partial charge in [0.2, 0.25) is 5.91 Å². The number of aryl methyl sites for hydroxylation is 2. The number of nitrogens with zero attached hydrogens (tertiary/aromatic N) is 2. The molecule has 0 fully saturated rings. The van der Waals surface area contributed by atoms with Crippen LogP contribution in [0, 0.1) is 13.8 Å². The van der Waals surface area contributed by atoms with Gasteiger partial charge in [-0.2, -0.15) is 0 Å². The second-order valence-electron chi connectivity index (χ2n) is 9.24. The third kappa shape index (κ3) is 4.84. The van der Waals surface area contributed by atoms with E-state index in [1.807, 2.05) is 62.4 Å². The molecule has 2 amide bonds. The van der Waals surface area contributed by atoms with Crippen LogP contribution in [0.3, 0.4) is 0 Å². The molecule has 0 spiro atoms. The zero-order valence-corrected chi connectivity index (χ0v) is 20.4. The summed E-state index contributed by atoms with van der Waals surface area (Å²) in [6, 6.07) is 25.1. The molecule has 6 nitrogen and oxygen atoms in total. The molecule has 0 bridgehead atoms. The van der Waals surface area contributed by atoms with E-state index in [9.17, 15) is 9.59 Å². The van der Waals surface area contributed by atoms with Crippen LogP contribution in [-0.4, -0.2) is 23.3 Å². The maximum atomic E-state index is 13.3. The summed E-state index contributed by atoms with van der Waals surface area (Å²) in [5, 5.41) is 3.05. The number of hydrogen-bond acceptors (Lipinski definition) is 4. The number of nitrogens with one attached hydrogen (secondary N) is 1. The summed E-state index contributed by atoms with van der Waals surface area (Å²) in [5.74, 6) is 0.219. The fourth-order valence-corrected chi connectivity index (χ4v) is 4.61. The predicted molar refractivity (Wildman–Crippen MR) is 144 cm³/mol. The Balaban J connectivity index is 1.34. The Kier molecular flexibility index (Phi) is 6.25. The van der Waals surface area contributed by atoms with Gasteiger partial charge in [0.1, 0.15) is 5.82 Å². The predicted octanol–water partition coefficient (Wildman–Crippen LogP) is 5.33. The molecule has 0 aliphatic carbocycles. The Labute approximate surface area is 210 Å². The number of pyridine rings is 1. The third-order valence-electron chi connectivity index (χ3n) is 6.48. The highest BCUT2D eigenvalue weighted by Crippen LogP contribution is 2.32. The molecule has 0 atom stereocenters. The minimum Gasteiger partial charge on any atom is -0.384 e. The number of anilines is 3. The lowest BCUT2D eigenvalue weighted by Crippen LogP contribution is -2.30. The van der Waals surface area contributed by atoms with Crippen LogP contribution >= 0.6 is 0 Å². The SMILES string of the molecule is Cc1ccc(-c2cc(C)ccc2C(=O)Nc2ccc3c(c2)CCN3C(=O)Cc2cccc(N)n2)cc1. The normalized spacial score (nSPS) is 12.3. The number of benzene rings is 3. The van der Waals surface area contributed by atoms with Crippen molar-refractivity contribution < 1.29 is 9.59 Å². The van der Waals surface area contributed by atoms with Gasteiger partial charge < -0.3 is 16.0 Å². The molecule has 0 saturated heterocycles. The Morgan fingerprint density at radius 3 is 2.50 bits per heavy atom. The van der Waals surface area contributed by atoms with Crippen molar-refractivity contribution in [2.24, 2.45) is 0 Å². The second kappa shape index (κ2) is 9.66. The van der Waals surface area contributed by atoms with Crippen molar-refractivity contribution >= 4 is 29.0 Å². The highest BCUT2D eigenvalue weighted by atomic mass is 16.2. The molecular weight excluding hydrogens is 448 g/mol. The lowest BCUT2D eigenvalue weighted by atomic mass is 9.96. The molecule has 180 valence electrons. The zero-order chi connectivity index (χ0) is 25.2. The van der Waals surface area contributed by atoms with Gasteiger partial charge in [-0.1, -0.05) is 53.6 Å². The molecule has 2 heterocycles. The van der Waals surface area contributed by atoms with Crippen molar-refractivity contribution in [2.45, 2.75) is 26.7 Å². The van der Waals surface area contributed by atoms with E-state index in [0.717, 1.165) is 34.4 Å². The van der Waals surface area contributed by atoms with E-state index < -0.39 is 0 Å². The van der Waals surface area contributed by atoms with Crippen molar-refractivity contribution in [3.8, 4) is 11.1 Å². The van der Waals surface area contributed by atoms with Crippen molar-refractivity contribution in [2.75, 3.05) is 22.5 Å². The number of amides is 2. The average Bonchev–Trinajstić information content (AvgIpc) is 3.28. The molecule has 1 aromatic heterocycles. The molecule has 3 N–H and O–H groups in total. The summed E-state index contributed by atoms with van der Waals surface area (Å²) in [4.78, 5) is 32.2. The number of nitrogen functional groups attached to an aromatic ring is 1. The maximum absolute atomic E-state index is 13.3. The van der Waals surface area contributed by atoms with Gasteiger partial charge in [0.15, 0.2) is 0 Å². The lowest BCUT2D eigenvalue weighted by molar-refractivity contribution is -0.117. The molecule has 1 aliphatic rings. The first-order valence-corrected chi connectivity index (χ1v) is 12.0. The molecular formula is C30H28N4O2. The number of nitrogens with two attached hydrogens (primary N) is 1. The van der Waals surface area contributed by atoms with E-state index in [0.29, 0.717) is 29.3 Å². The minimum absolute atomic E-state index is 0.0222. The van der Waals surface area contributed by atoms with Crippen molar-refractivity contribution in [3.05, 3.63) is 107 Å². The van der Waals surface area contributed by atoms with Crippen LogP contribution in [0.4, 0.5) is 17.2 Å². The Morgan fingerprint density at radius 1 is 0.944 bits per heavy atom. The summed E-state index contributed by atoms with van der Waals surface area (Å²) in [5.41, 5.74) is 13.8. The summed E-state index contributed by atoms with van der Waals surface area (Å²) in [7, 11) is 0. The first-order valence-electron chi connectivity index (χ1n) is 12.0. The smallest absolute Gasteiger partial charge is 0.256 e. The summed E-state index contributed by atoms with van der Waals surface area (Å²) in [6.07, 6.45) is 0.923. The Hall–Kier alpha value is -4.45. The Bertz CT molecular complexity index is 1460. The summed E-state index contributed by atoms with van der Waals surface area (Å²) < 4.78 is 0. The van der Waals surface area contributed by atoms with Gasteiger partial charge in [0.25, 0.3) is 5.91 Å². The molecule has 0 unspecified atom stereocenters. The highest BCUT2D eigenvalue weighted by molar-refractivity contribution is 6.09. The van der Waals surface area contributed by atoms with E-state index >= 15 is 0 Å². The maximum Gasteiger partial charge on any atom is 0.256 e. The van der Waals surface area contributed by atoms with Gasteiger partial charge in [0.05, 0.1) is 12.1 Å². The monoisotopic (exact) mass is 476 g/mol. The molecule has 0 radical (unpaired) electrons. The van der Waals surface area contributed by atoms with E-state index in [1.165, 1.54) is 5.56 Å². The van der Waals surface area contributed by atoms with Gasteiger partial charge in [-0.25, -0.2) is 4.98 Å². The van der Waals surface area contributed by atoms with Gasteiger partial charge in [-0.15, -0.1) is 0 Å². The van der Waals surface area contributed by atoms with Crippen LogP contribution in [-0.2, 0) is 17.6 Å². The van der Waals surface area contributed by atoms with E-state index in [2.05, 4.69) is 22.4 Å². The number of carbonyl (C=O) groups is 2. The minimum atomic E-state index is -0.163.